The summed E-state index contributed by atoms with van der Waals surface area (Å²) in [7, 11) is 0. The van der Waals surface area contributed by atoms with Crippen LogP contribution in [0, 0.1) is 0 Å². The first kappa shape index (κ1) is 21.9. The first-order valence-electron chi connectivity index (χ1n) is 10.7. The molecule has 1 fully saturated rings. The number of hydrogen-bond acceptors (Lipinski definition) is 5. The molecule has 32 heavy (non-hydrogen) atoms. The number of hydrogen-bond donors (Lipinski definition) is 1. The van der Waals surface area contributed by atoms with Crippen LogP contribution in [0.3, 0.4) is 0 Å². The summed E-state index contributed by atoms with van der Waals surface area (Å²) in [6, 6.07) is 15.0. The van der Waals surface area contributed by atoms with Crippen molar-refractivity contribution in [3.63, 3.8) is 0 Å². The fraction of sp³-hybridized carbons (Fsp3) is 0.360. The minimum Gasteiger partial charge on any atom is -0.484 e. The topological polar surface area (TPSA) is 81.0 Å². The van der Waals surface area contributed by atoms with Crippen molar-refractivity contribution in [3.8, 4) is 5.75 Å². The fourth-order valence-corrected chi connectivity index (χ4v) is 3.61. The number of benzene rings is 2. The summed E-state index contributed by atoms with van der Waals surface area (Å²) in [4.78, 5) is 27.4. The SMILES string of the molecule is CC(C)(C)c1ccc(OCC(=O)Nc2c(C(=O)N3CCOCC3)oc3ccccc23)cc1. The predicted molar refractivity (Wildman–Crippen MR) is 122 cm³/mol. The maximum atomic E-state index is 13.1. The molecular weight excluding hydrogens is 408 g/mol. The van der Waals surface area contributed by atoms with Crippen LogP contribution in [0.1, 0.15) is 36.9 Å². The Hall–Kier alpha value is -3.32. The largest absolute Gasteiger partial charge is 0.484 e. The van der Waals surface area contributed by atoms with Crippen LogP contribution < -0.4 is 10.1 Å². The smallest absolute Gasteiger partial charge is 0.291 e. The number of furan rings is 1. The highest BCUT2D eigenvalue weighted by atomic mass is 16.5. The second-order valence-corrected chi connectivity index (χ2v) is 8.82. The molecule has 1 aliphatic rings. The van der Waals surface area contributed by atoms with Crippen LogP contribution >= 0.6 is 0 Å². The molecule has 0 atom stereocenters. The van der Waals surface area contributed by atoms with Gasteiger partial charge in [0.15, 0.2) is 6.61 Å². The van der Waals surface area contributed by atoms with Crippen LogP contribution in [0.15, 0.2) is 52.9 Å². The molecule has 7 heteroatoms. The van der Waals surface area contributed by atoms with Gasteiger partial charge < -0.3 is 24.1 Å². The van der Waals surface area contributed by atoms with E-state index in [9.17, 15) is 9.59 Å². The third-order valence-electron chi connectivity index (χ3n) is 5.44. The molecule has 4 rings (SSSR count). The number of anilines is 1. The third kappa shape index (κ3) is 4.78. The van der Waals surface area contributed by atoms with E-state index in [1.807, 2.05) is 42.5 Å². The molecule has 1 aromatic heterocycles. The summed E-state index contributed by atoms with van der Waals surface area (Å²) in [6.07, 6.45) is 0. The number of nitrogens with zero attached hydrogens (tertiary/aromatic N) is 1. The lowest BCUT2D eigenvalue weighted by molar-refractivity contribution is -0.118. The molecule has 2 heterocycles. The van der Waals surface area contributed by atoms with Crippen molar-refractivity contribution in [2.45, 2.75) is 26.2 Å². The summed E-state index contributed by atoms with van der Waals surface area (Å²) in [5, 5.41) is 3.50. The van der Waals surface area contributed by atoms with Crippen molar-refractivity contribution in [1.29, 1.82) is 0 Å². The van der Waals surface area contributed by atoms with Crippen molar-refractivity contribution in [3.05, 3.63) is 59.9 Å². The zero-order valence-corrected chi connectivity index (χ0v) is 18.6. The molecule has 0 bridgehead atoms. The number of rotatable bonds is 5. The van der Waals surface area contributed by atoms with Gasteiger partial charge >= 0.3 is 0 Å². The minimum absolute atomic E-state index is 0.0433. The van der Waals surface area contributed by atoms with Crippen molar-refractivity contribution in [2.24, 2.45) is 0 Å². The molecule has 2 aromatic carbocycles. The Bertz CT molecular complexity index is 1110. The number of para-hydroxylation sites is 1. The molecule has 168 valence electrons. The molecule has 0 aliphatic carbocycles. The van der Waals surface area contributed by atoms with Gasteiger partial charge in [0, 0.05) is 18.5 Å². The first-order valence-corrected chi connectivity index (χ1v) is 10.7. The normalized spacial score (nSPS) is 14.4. The molecule has 7 nitrogen and oxygen atoms in total. The van der Waals surface area contributed by atoms with Gasteiger partial charge in [0.25, 0.3) is 11.8 Å². The quantitative estimate of drug-likeness (QED) is 0.648. The predicted octanol–water partition coefficient (Wildman–Crippen LogP) is 4.22. The van der Waals surface area contributed by atoms with E-state index in [-0.39, 0.29) is 29.6 Å². The van der Waals surface area contributed by atoms with Gasteiger partial charge in [-0.15, -0.1) is 0 Å². The van der Waals surface area contributed by atoms with E-state index in [4.69, 9.17) is 13.9 Å². The number of ether oxygens (including phenoxy) is 2. The molecule has 0 spiro atoms. The summed E-state index contributed by atoms with van der Waals surface area (Å²) in [5.74, 6) is 0.0942. The van der Waals surface area contributed by atoms with Crippen LogP contribution in [0.4, 0.5) is 5.69 Å². The molecule has 0 radical (unpaired) electrons. The van der Waals surface area contributed by atoms with Crippen LogP contribution in [-0.4, -0.2) is 49.6 Å². The van der Waals surface area contributed by atoms with Gasteiger partial charge in [-0.3, -0.25) is 9.59 Å². The molecule has 0 saturated carbocycles. The van der Waals surface area contributed by atoms with E-state index in [0.717, 1.165) is 0 Å². The van der Waals surface area contributed by atoms with Gasteiger partial charge in [-0.05, 0) is 35.2 Å². The molecule has 1 aliphatic heterocycles. The summed E-state index contributed by atoms with van der Waals surface area (Å²) < 4.78 is 16.8. The van der Waals surface area contributed by atoms with Gasteiger partial charge in [-0.2, -0.15) is 0 Å². The second-order valence-electron chi connectivity index (χ2n) is 8.82. The lowest BCUT2D eigenvalue weighted by Gasteiger charge is -2.26. The van der Waals surface area contributed by atoms with E-state index in [0.29, 0.717) is 48.7 Å². The van der Waals surface area contributed by atoms with Crippen molar-refractivity contribution < 1.29 is 23.5 Å². The van der Waals surface area contributed by atoms with Crippen molar-refractivity contribution >= 4 is 28.5 Å². The highest BCUT2D eigenvalue weighted by Crippen LogP contribution is 2.32. The number of carbonyl (C=O) groups is 2. The molecular formula is C25H28N2O5. The van der Waals surface area contributed by atoms with Gasteiger partial charge in [-0.25, -0.2) is 0 Å². The summed E-state index contributed by atoms with van der Waals surface area (Å²) >= 11 is 0. The maximum absolute atomic E-state index is 13.1. The van der Waals surface area contributed by atoms with E-state index in [1.54, 1.807) is 11.0 Å². The zero-order valence-electron chi connectivity index (χ0n) is 18.6. The molecule has 3 aromatic rings. The Morgan fingerprint density at radius 3 is 2.41 bits per heavy atom. The molecule has 1 N–H and O–H groups in total. The fourth-order valence-electron chi connectivity index (χ4n) is 3.61. The second kappa shape index (κ2) is 9.04. The number of amides is 2. The van der Waals surface area contributed by atoms with E-state index >= 15 is 0 Å². The molecule has 2 amide bonds. The number of fused-ring (bicyclic) bond motifs is 1. The highest BCUT2D eigenvalue weighted by molar-refractivity contribution is 6.11. The Labute approximate surface area is 187 Å². The average Bonchev–Trinajstić information content (AvgIpc) is 3.16. The van der Waals surface area contributed by atoms with Gasteiger partial charge in [0.05, 0.1) is 13.2 Å². The van der Waals surface area contributed by atoms with Crippen LogP contribution in [0.2, 0.25) is 0 Å². The van der Waals surface area contributed by atoms with E-state index in [2.05, 4.69) is 26.1 Å². The maximum Gasteiger partial charge on any atom is 0.291 e. The van der Waals surface area contributed by atoms with Crippen LogP contribution in [0.25, 0.3) is 11.0 Å². The van der Waals surface area contributed by atoms with E-state index in [1.165, 1.54) is 5.56 Å². The van der Waals surface area contributed by atoms with Gasteiger partial charge in [0.2, 0.25) is 5.76 Å². The Balaban J connectivity index is 1.49. The van der Waals surface area contributed by atoms with Crippen molar-refractivity contribution in [1.82, 2.24) is 4.90 Å². The Morgan fingerprint density at radius 2 is 1.72 bits per heavy atom. The van der Waals surface area contributed by atoms with E-state index < -0.39 is 0 Å². The zero-order chi connectivity index (χ0) is 22.7. The first-order chi connectivity index (χ1) is 15.3. The third-order valence-corrected chi connectivity index (χ3v) is 5.44. The lowest BCUT2D eigenvalue weighted by atomic mass is 9.87. The van der Waals surface area contributed by atoms with Crippen LogP contribution in [0.5, 0.6) is 5.75 Å². The molecule has 1 saturated heterocycles. The number of carbonyl (C=O) groups excluding carboxylic acids is 2. The monoisotopic (exact) mass is 436 g/mol. The van der Waals surface area contributed by atoms with Crippen LogP contribution in [-0.2, 0) is 14.9 Å². The summed E-state index contributed by atoms with van der Waals surface area (Å²) in [6.45, 7) is 8.17. The van der Waals surface area contributed by atoms with Crippen molar-refractivity contribution in [2.75, 3.05) is 38.2 Å². The Kier molecular flexibility index (Phi) is 6.19. The number of morpholine rings is 1. The average molecular weight is 437 g/mol. The minimum atomic E-state index is -0.368. The standard InChI is InChI=1S/C25H28N2O5/c1-25(2,3)17-8-10-18(11-9-17)31-16-21(28)26-22-19-6-4-5-7-20(19)32-23(22)24(29)27-12-14-30-15-13-27/h4-11H,12-16H2,1-3H3,(H,26,28). The molecule has 0 unspecified atom stereocenters. The van der Waals surface area contributed by atoms with Gasteiger partial charge in [0.1, 0.15) is 17.0 Å². The Morgan fingerprint density at radius 1 is 1.03 bits per heavy atom. The number of nitrogens with one attached hydrogen (secondary N) is 1. The summed E-state index contributed by atoms with van der Waals surface area (Å²) in [5.41, 5.74) is 2.14. The van der Waals surface area contributed by atoms with Gasteiger partial charge in [-0.1, -0.05) is 45.0 Å². The highest BCUT2D eigenvalue weighted by Gasteiger charge is 2.27. The lowest BCUT2D eigenvalue weighted by Crippen LogP contribution is -2.40.